The molecule has 1 aliphatic heterocycles. The van der Waals surface area contributed by atoms with Gasteiger partial charge in [0.1, 0.15) is 11.6 Å². The van der Waals surface area contributed by atoms with Crippen molar-refractivity contribution < 1.29 is 4.74 Å². The summed E-state index contributed by atoms with van der Waals surface area (Å²) in [5, 5.41) is 0. The SMILES string of the molecule is COc1ccc(-c2cc(=O)n3c(n2)C[C@@H](C)C3)cc1. The van der Waals surface area contributed by atoms with Crippen molar-refractivity contribution in [3.63, 3.8) is 0 Å². The van der Waals surface area contributed by atoms with Crippen LogP contribution in [0, 0.1) is 5.92 Å². The summed E-state index contributed by atoms with van der Waals surface area (Å²) in [4.78, 5) is 16.7. The highest BCUT2D eigenvalue weighted by atomic mass is 16.5. The van der Waals surface area contributed by atoms with Gasteiger partial charge in [-0.05, 0) is 30.2 Å². The van der Waals surface area contributed by atoms with Crippen molar-refractivity contribution in [2.24, 2.45) is 5.92 Å². The van der Waals surface area contributed by atoms with Gasteiger partial charge in [0.05, 0.1) is 12.8 Å². The molecule has 0 amide bonds. The zero-order chi connectivity index (χ0) is 13.4. The fourth-order valence-electron chi connectivity index (χ4n) is 2.50. The first-order valence-electron chi connectivity index (χ1n) is 6.42. The molecule has 0 N–H and O–H groups in total. The number of hydrogen-bond donors (Lipinski definition) is 0. The lowest BCUT2D eigenvalue weighted by Crippen LogP contribution is -2.20. The first-order chi connectivity index (χ1) is 9.17. The Balaban J connectivity index is 2.04. The molecule has 4 nitrogen and oxygen atoms in total. The van der Waals surface area contributed by atoms with Crippen LogP contribution in [0.1, 0.15) is 12.7 Å². The van der Waals surface area contributed by atoms with Crippen LogP contribution in [-0.2, 0) is 13.0 Å². The second kappa shape index (κ2) is 4.53. The molecule has 1 aromatic carbocycles. The van der Waals surface area contributed by atoms with E-state index in [1.54, 1.807) is 17.7 Å². The monoisotopic (exact) mass is 256 g/mol. The van der Waals surface area contributed by atoms with E-state index in [1.807, 2.05) is 24.3 Å². The number of benzene rings is 1. The fourth-order valence-corrected chi connectivity index (χ4v) is 2.50. The van der Waals surface area contributed by atoms with Crippen molar-refractivity contribution in [2.75, 3.05) is 7.11 Å². The van der Waals surface area contributed by atoms with E-state index in [2.05, 4.69) is 11.9 Å². The molecule has 2 aromatic rings. The number of nitrogens with zero attached hydrogens (tertiary/aromatic N) is 2. The molecule has 0 saturated carbocycles. The highest BCUT2D eigenvalue weighted by Gasteiger charge is 2.20. The Morgan fingerprint density at radius 3 is 2.74 bits per heavy atom. The third-order valence-corrected chi connectivity index (χ3v) is 3.50. The molecule has 98 valence electrons. The molecule has 3 rings (SSSR count). The highest BCUT2D eigenvalue weighted by molar-refractivity contribution is 5.59. The van der Waals surface area contributed by atoms with Crippen LogP contribution in [-0.4, -0.2) is 16.7 Å². The Bertz CT molecular complexity index is 659. The molecule has 0 fully saturated rings. The van der Waals surface area contributed by atoms with E-state index < -0.39 is 0 Å². The van der Waals surface area contributed by atoms with Crippen LogP contribution in [0.25, 0.3) is 11.3 Å². The number of hydrogen-bond acceptors (Lipinski definition) is 3. The normalized spacial score (nSPS) is 17.3. The number of fused-ring (bicyclic) bond motifs is 1. The van der Waals surface area contributed by atoms with Crippen molar-refractivity contribution >= 4 is 0 Å². The van der Waals surface area contributed by atoms with Crippen molar-refractivity contribution in [2.45, 2.75) is 19.9 Å². The van der Waals surface area contributed by atoms with E-state index in [4.69, 9.17) is 4.74 Å². The van der Waals surface area contributed by atoms with E-state index in [-0.39, 0.29) is 5.56 Å². The van der Waals surface area contributed by atoms with Gasteiger partial charge in [0.25, 0.3) is 5.56 Å². The molecule has 1 aliphatic rings. The summed E-state index contributed by atoms with van der Waals surface area (Å²) in [5.74, 6) is 2.19. The topological polar surface area (TPSA) is 44.1 Å². The third-order valence-electron chi connectivity index (χ3n) is 3.50. The van der Waals surface area contributed by atoms with Gasteiger partial charge < -0.3 is 4.74 Å². The largest absolute Gasteiger partial charge is 0.497 e. The summed E-state index contributed by atoms with van der Waals surface area (Å²) in [6, 6.07) is 9.23. The molecule has 0 unspecified atom stereocenters. The molecule has 1 aromatic heterocycles. The van der Waals surface area contributed by atoms with Gasteiger partial charge in [-0.15, -0.1) is 0 Å². The minimum Gasteiger partial charge on any atom is -0.497 e. The summed E-state index contributed by atoms with van der Waals surface area (Å²) in [6.45, 7) is 2.92. The van der Waals surface area contributed by atoms with E-state index in [9.17, 15) is 4.79 Å². The molecular formula is C15H16N2O2. The minimum atomic E-state index is 0.0418. The standard InChI is InChI=1S/C15H16N2O2/c1-10-7-14-16-13(8-15(18)17(14)9-10)11-3-5-12(19-2)6-4-11/h3-6,8,10H,7,9H2,1-2H3/t10-/m1/s1. The van der Waals surface area contributed by atoms with E-state index in [1.165, 1.54) is 0 Å². The molecule has 4 heteroatoms. The van der Waals surface area contributed by atoms with Gasteiger partial charge in [-0.1, -0.05) is 6.92 Å². The molecule has 19 heavy (non-hydrogen) atoms. The maximum absolute atomic E-state index is 12.1. The van der Waals surface area contributed by atoms with Crippen LogP contribution < -0.4 is 10.3 Å². The molecule has 1 atom stereocenters. The zero-order valence-electron chi connectivity index (χ0n) is 11.1. The van der Waals surface area contributed by atoms with Crippen LogP contribution in [0.15, 0.2) is 35.1 Å². The molecule has 0 aliphatic carbocycles. The number of rotatable bonds is 2. The average Bonchev–Trinajstić information content (AvgIpc) is 2.80. The fraction of sp³-hybridized carbons (Fsp3) is 0.333. The lowest BCUT2D eigenvalue weighted by Gasteiger charge is -2.06. The highest BCUT2D eigenvalue weighted by Crippen LogP contribution is 2.22. The second-order valence-corrected chi connectivity index (χ2v) is 5.04. The predicted molar refractivity (Wildman–Crippen MR) is 73.4 cm³/mol. The molecule has 0 radical (unpaired) electrons. The van der Waals surface area contributed by atoms with Crippen molar-refractivity contribution in [1.82, 2.24) is 9.55 Å². The summed E-state index contributed by atoms with van der Waals surface area (Å²) in [7, 11) is 1.64. The Hall–Kier alpha value is -2.10. The molecule has 0 saturated heterocycles. The predicted octanol–water partition coefficient (Wildman–Crippen LogP) is 2.11. The van der Waals surface area contributed by atoms with Gasteiger partial charge in [0.15, 0.2) is 0 Å². The lowest BCUT2D eigenvalue weighted by atomic mass is 10.1. The molecule has 0 spiro atoms. The molecule has 0 bridgehead atoms. The van der Waals surface area contributed by atoms with E-state index >= 15 is 0 Å². The van der Waals surface area contributed by atoms with E-state index in [0.717, 1.165) is 35.8 Å². The van der Waals surface area contributed by atoms with Crippen LogP contribution in [0.5, 0.6) is 5.75 Å². The van der Waals surface area contributed by atoms with Gasteiger partial charge >= 0.3 is 0 Å². The van der Waals surface area contributed by atoms with Crippen LogP contribution >= 0.6 is 0 Å². The van der Waals surface area contributed by atoms with Gasteiger partial charge in [0, 0.05) is 24.6 Å². The van der Waals surface area contributed by atoms with Gasteiger partial charge in [-0.2, -0.15) is 0 Å². The first-order valence-corrected chi connectivity index (χ1v) is 6.42. The zero-order valence-corrected chi connectivity index (χ0v) is 11.1. The maximum Gasteiger partial charge on any atom is 0.254 e. The van der Waals surface area contributed by atoms with Gasteiger partial charge in [-0.3, -0.25) is 9.36 Å². The number of aromatic nitrogens is 2. The van der Waals surface area contributed by atoms with Gasteiger partial charge in [0.2, 0.25) is 0 Å². The van der Waals surface area contributed by atoms with Crippen molar-refractivity contribution in [1.29, 1.82) is 0 Å². The van der Waals surface area contributed by atoms with Crippen molar-refractivity contribution in [3.8, 4) is 17.0 Å². The quantitative estimate of drug-likeness (QED) is 0.826. The lowest BCUT2D eigenvalue weighted by molar-refractivity contribution is 0.415. The summed E-state index contributed by atoms with van der Waals surface area (Å²) >= 11 is 0. The summed E-state index contributed by atoms with van der Waals surface area (Å²) in [5.41, 5.74) is 1.73. The maximum atomic E-state index is 12.1. The van der Waals surface area contributed by atoms with E-state index in [0.29, 0.717) is 5.92 Å². The Morgan fingerprint density at radius 1 is 1.32 bits per heavy atom. The van der Waals surface area contributed by atoms with Crippen LogP contribution in [0.3, 0.4) is 0 Å². The smallest absolute Gasteiger partial charge is 0.254 e. The van der Waals surface area contributed by atoms with Crippen LogP contribution in [0.4, 0.5) is 0 Å². The van der Waals surface area contributed by atoms with Gasteiger partial charge in [-0.25, -0.2) is 4.98 Å². The molecule has 2 heterocycles. The average molecular weight is 256 g/mol. The Kier molecular flexibility index (Phi) is 2.85. The summed E-state index contributed by atoms with van der Waals surface area (Å²) in [6.07, 6.45) is 0.874. The minimum absolute atomic E-state index is 0.0418. The second-order valence-electron chi connectivity index (χ2n) is 5.04. The summed E-state index contributed by atoms with van der Waals surface area (Å²) < 4.78 is 6.91. The number of ether oxygens (including phenoxy) is 1. The first kappa shape index (κ1) is 12.0. The Morgan fingerprint density at radius 2 is 2.05 bits per heavy atom. The number of methoxy groups -OCH3 is 1. The van der Waals surface area contributed by atoms with Crippen LogP contribution in [0.2, 0.25) is 0 Å². The molecular weight excluding hydrogens is 240 g/mol. The third kappa shape index (κ3) is 2.14. The van der Waals surface area contributed by atoms with Crippen molar-refractivity contribution in [3.05, 3.63) is 46.5 Å². The Labute approximate surface area is 111 Å².